The first-order valence-corrected chi connectivity index (χ1v) is 22.3. The van der Waals surface area contributed by atoms with E-state index in [0.29, 0.717) is 5.54 Å². The van der Waals surface area contributed by atoms with Gasteiger partial charge < -0.3 is 0 Å². The Balaban J connectivity index is 1.46. The van der Waals surface area contributed by atoms with Crippen LogP contribution in [0.15, 0.2) is 103 Å². The van der Waals surface area contributed by atoms with Crippen LogP contribution >= 0.6 is 0 Å². The molecule has 0 saturated heterocycles. The number of nitrogens with zero attached hydrogens (tertiary/aromatic N) is 1. The van der Waals surface area contributed by atoms with E-state index in [1.807, 2.05) is 0 Å². The Hall–Kier alpha value is -1.82. The topological polar surface area (TPSA) is 3.24 Å². The van der Waals surface area contributed by atoms with Crippen LogP contribution in [0.4, 0.5) is 0 Å². The minimum atomic E-state index is -2.44. The first kappa shape index (κ1) is 25.2. The van der Waals surface area contributed by atoms with Gasteiger partial charge in [0.1, 0.15) is 0 Å². The van der Waals surface area contributed by atoms with Gasteiger partial charge in [-0.2, -0.15) is 0 Å². The van der Waals surface area contributed by atoms with Crippen molar-refractivity contribution in [2.75, 3.05) is 0 Å². The molecular weight excluding hydrogens is 551 g/mol. The summed E-state index contributed by atoms with van der Waals surface area (Å²) in [6, 6.07) is 35.4. The molecule has 4 heteroatoms. The van der Waals surface area contributed by atoms with Gasteiger partial charge in [0, 0.05) is 0 Å². The maximum absolute atomic E-state index is 3.08. The summed E-state index contributed by atoms with van der Waals surface area (Å²) in [5, 5.41) is 4.79. The quantitative estimate of drug-likeness (QED) is 0.245. The molecule has 0 spiro atoms. The molecule has 3 aromatic carbocycles. The first-order chi connectivity index (χ1) is 18.4. The van der Waals surface area contributed by atoms with Crippen molar-refractivity contribution in [1.29, 1.82) is 0 Å². The van der Waals surface area contributed by atoms with Gasteiger partial charge in [-0.3, -0.25) is 0 Å². The summed E-state index contributed by atoms with van der Waals surface area (Å²) in [6.45, 7) is 8.09. The Morgan fingerprint density at radius 3 is 1.39 bits per heavy atom. The van der Waals surface area contributed by atoms with Crippen LogP contribution in [0.25, 0.3) is 0 Å². The van der Waals surface area contributed by atoms with Gasteiger partial charge in [0.05, 0.1) is 0 Å². The fourth-order valence-electron chi connectivity index (χ4n) is 9.52. The molecule has 194 valence electrons. The minimum absolute atomic E-state index is 0.271. The second kappa shape index (κ2) is 9.10. The molecule has 0 amide bonds. The van der Waals surface area contributed by atoms with E-state index in [2.05, 4.69) is 127 Å². The summed E-state index contributed by atoms with van der Waals surface area (Å²) in [6.07, 6.45) is 14.5. The number of allylic oxidation sites excluding steroid dienone is 1. The van der Waals surface area contributed by atoms with Crippen molar-refractivity contribution in [2.45, 2.75) is 67.2 Å². The molecule has 1 unspecified atom stereocenters. The first-order valence-electron chi connectivity index (χ1n) is 14.8. The van der Waals surface area contributed by atoms with Crippen LogP contribution in [0.3, 0.4) is 0 Å². The average molecular weight is 592 g/mol. The predicted molar refractivity (Wildman–Crippen MR) is 168 cm³/mol. The van der Waals surface area contributed by atoms with Crippen molar-refractivity contribution in [1.82, 2.24) is 3.86 Å². The van der Waals surface area contributed by atoms with Crippen molar-refractivity contribution in [3.05, 3.63) is 103 Å². The standard InChI is InChI=1S/C34H41GeNSi2/c1-37(2,3)34(19-20-36(35-34)33-24-27-21-28(25-33)23-29(22-27)26-33)38(30-13-7-4-8-14-30,31-15-9-5-10-16-31)32-17-11-6-12-18-32/h4-20,27-29H,21-26H2,1-3H3. The van der Waals surface area contributed by atoms with E-state index in [0.717, 1.165) is 17.8 Å². The third kappa shape index (κ3) is 3.60. The zero-order valence-corrected chi connectivity index (χ0v) is 27.3. The Labute approximate surface area is 238 Å². The molecule has 0 aromatic heterocycles. The molecule has 4 fully saturated rings. The second-order valence-corrected chi connectivity index (χ2v) is 28.9. The van der Waals surface area contributed by atoms with E-state index in [-0.39, 0.29) is 3.49 Å². The van der Waals surface area contributed by atoms with E-state index in [4.69, 9.17) is 0 Å². The molecule has 3 aromatic rings. The molecule has 4 aliphatic carbocycles. The zero-order valence-electron chi connectivity index (χ0n) is 23.2. The third-order valence-electron chi connectivity index (χ3n) is 10.7. The van der Waals surface area contributed by atoms with E-state index in [1.165, 1.54) is 38.5 Å². The van der Waals surface area contributed by atoms with Crippen molar-refractivity contribution in [3.63, 3.8) is 0 Å². The molecule has 5 aliphatic rings. The summed E-state index contributed by atoms with van der Waals surface area (Å²) < 4.78 is 3.35. The van der Waals surface area contributed by atoms with Crippen LogP contribution in [-0.4, -0.2) is 41.2 Å². The summed E-state index contributed by atoms with van der Waals surface area (Å²) in [5.74, 6) is 2.97. The van der Waals surface area contributed by atoms with Crippen LogP contribution in [-0.2, 0) is 0 Å². The average Bonchev–Trinajstić information content (AvgIpc) is 3.39. The molecule has 1 aliphatic heterocycles. The summed E-state index contributed by atoms with van der Waals surface area (Å²) >= 11 is -0.450. The van der Waals surface area contributed by atoms with Gasteiger partial charge in [-0.05, 0) is 0 Å². The number of benzene rings is 3. The van der Waals surface area contributed by atoms with Crippen molar-refractivity contribution < 1.29 is 0 Å². The molecular formula is C34H41GeNSi2. The zero-order chi connectivity index (χ0) is 26.0. The monoisotopic (exact) mass is 593 g/mol. The van der Waals surface area contributed by atoms with Crippen LogP contribution in [0.1, 0.15) is 38.5 Å². The summed E-state index contributed by atoms with van der Waals surface area (Å²) in [5.41, 5.74) is 0.455. The Kier molecular flexibility index (Phi) is 6.03. The van der Waals surface area contributed by atoms with Gasteiger partial charge in [-0.1, -0.05) is 0 Å². The number of hydrogen-bond acceptors (Lipinski definition) is 1. The van der Waals surface area contributed by atoms with Crippen molar-refractivity contribution in [2.24, 2.45) is 17.8 Å². The molecule has 1 atom stereocenters. The molecule has 4 saturated carbocycles. The fourth-order valence-corrected chi connectivity index (χ4v) is 30.8. The van der Waals surface area contributed by atoms with Gasteiger partial charge in [0.2, 0.25) is 0 Å². The number of rotatable bonds is 6. The molecule has 0 N–H and O–H groups in total. The molecule has 1 nitrogen and oxygen atoms in total. The van der Waals surface area contributed by atoms with Crippen LogP contribution in [0.2, 0.25) is 23.1 Å². The van der Waals surface area contributed by atoms with Gasteiger partial charge >= 0.3 is 239 Å². The molecule has 2 radical (unpaired) electrons. The van der Waals surface area contributed by atoms with Crippen LogP contribution in [0, 0.1) is 17.8 Å². The molecule has 8 rings (SSSR count). The Morgan fingerprint density at radius 1 is 0.632 bits per heavy atom. The van der Waals surface area contributed by atoms with Gasteiger partial charge in [0.15, 0.2) is 0 Å². The van der Waals surface area contributed by atoms with Crippen LogP contribution in [0.5, 0.6) is 0 Å². The van der Waals surface area contributed by atoms with Crippen molar-refractivity contribution in [3.8, 4) is 0 Å². The third-order valence-corrected chi connectivity index (χ3v) is 32.7. The summed E-state index contributed by atoms with van der Waals surface area (Å²) in [4.78, 5) is 0. The Bertz CT molecular complexity index is 1180. The molecule has 38 heavy (non-hydrogen) atoms. The normalized spacial score (nSPS) is 32.2. The fraction of sp³-hybridized carbons (Fsp3) is 0.412. The van der Waals surface area contributed by atoms with Crippen LogP contribution < -0.4 is 15.6 Å². The van der Waals surface area contributed by atoms with Gasteiger partial charge in [0.25, 0.3) is 0 Å². The maximum atomic E-state index is 3.08. The van der Waals surface area contributed by atoms with E-state index < -0.39 is 31.8 Å². The predicted octanol–water partition coefficient (Wildman–Crippen LogP) is 6.15. The van der Waals surface area contributed by atoms with E-state index in [1.54, 1.807) is 15.6 Å². The molecule has 1 heterocycles. The SMILES string of the molecule is C[Si](C)(C)[C]1([Si](c2ccccc2)(c2ccccc2)c2ccccc2)C=C[N](C23CC4CC(CC(C4)C2)C3)[Ge]1. The van der Waals surface area contributed by atoms with E-state index >= 15 is 0 Å². The van der Waals surface area contributed by atoms with Gasteiger partial charge in [-0.15, -0.1) is 0 Å². The van der Waals surface area contributed by atoms with E-state index in [9.17, 15) is 0 Å². The second-order valence-electron chi connectivity index (χ2n) is 13.8. The number of hydrogen-bond donors (Lipinski definition) is 0. The Morgan fingerprint density at radius 2 is 1.03 bits per heavy atom. The summed E-state index contributed by atoms with van der Waals surface area (Å²) in [7, 11) is -4.17. The van der Waals surface area contributed by atoms with Crippen molar-refractivity contribution >= 4 is 47.4 Å². The van der Waals surface area contributed by atoms with Gasteiger partial charge in [-0.25, -0.2) is 0 Å². The molecule has 4 bridgehead atoms.